The zero-order valence-corrected chi connectivity index (χ0v) is 9.93. The van der Waals surface area contributed by atoms with E-state index in [-0.39, 0.29) is 0 Å². The predicted molar refractivity (Wildman–Crippen MR) is 61.1 cm³/mol. The molecule has 1 fully saturated rings. The number of aryl methyl sites for hydroxylation is 1. The summed E-state index contributed by atoms with van der Waals surface area (Å²) >= 11 is 0. The van der Waals surface area contributed by atoms with Gasteiger partial charge in [-0.25, -0.2) is 4.79 Å². The predicted octanol–water partition coefficient (Wildman–Crippen LogP) is -0.00700. The van der Waals surface area contributed by atoms with E-state index < -0.39 is 5.97 Å². The van der Waals surface area contributed by atoms with Gasteiger partial charge in [0.15, 0.2) is 0 Å². The van der Waals surface area contributed by atoms with E-state index in [1.54, 1.807) is 11.7 Å². The molecule has 0 unspecified atom stereocenters. The molecule has 0 spiro atoms. The summed E-state index contributed by atoms with van der Waals surface area (Å²) in [6.07, 6.45) is 2.12. The summed E-state index contributed by atoms with van der Waals surface area (Å²) in [5, 5.41) is 13.0. The molecule has 2 rings (SSSR count). The maximum absolute atomic E-state index is 11.0. The first-order valence-corrected chi connectivity index (χ1v) is 5.73. The van der Waals surface area contributed by atoms with Gasteiger partial charge in [-0.3, -0.25) is 9.58 Å². The molecule has 0 bridgehead atoms. The van der Waals surface area contributed by atoms with Gasteiger partial charge >= 0.3 is 5.97 Å². The maximum atomic E-state index is 11.0. The number of hydrogen-bond donors (Lipinski definition) is 1. The van der Waals surface area contributed by atoms with E-state index in [9.17, 15) is 4.79 Å². The molecule has 6 heteroatoms. The van der Waals surface area contributed by atoms with Crippen molar-refractivity contribution in [1.82, 2.24) is 14.7 Å². The lowest BCUT2D eigenvalue weighted by Crippen LogP contribution is -2.37. The van der Waals surface area contributed by atoms with Crippen LogP contribution in [0.3, 0.4) is 0 Å². The molecule has 2 heterocycles. The first kappa shape index (κ1) is 12.1. The van der Waals surface area contributed by atoms with Gasteiger partial charge in [0.1, 0.15) is 5.56 Å². The minimum atomic E-state index is -0.907. The van der Waals surface area contributed by atoms with Crippen molar-refractivity contribution in [3.8, 4) is 0 Å². The molecule has 1 aliphatic heterocycles. The second-order valence-electron chi connectivity index (χ2n) is 4.14. The number of morpholine rings is 1. The van der Waals surface area contributed by atoms with Gasteiger partial charge in [0.2, 0.25) is 0 Å². The van der Waals surface area contributed by atoms with Gasteiger partial charge in [-0.05, 0) is 0 Å². The fourth-order valence-electron chi connectivity index (χ4n) is 2.03. The molecule has 0 atom stereocenters. The van der Waals surface area contributed by atoms with E-state index in [4.69, 9.17) is 9.84 Å². The van der Waals surface area contributed by atoms with Crippen LogP contribution in [0, 0.1) is 0 Å². The van der Waals surface area contributed by atoms with E-state index in [0.29, 0.717) is 12.0 Å². The first-order valence-electron chi connectivity index (χ1n) is 5.73. The molecule has 1 aliphatic rings. The third kappa shape index (κ3) is 2.83. The van der Waals surface area contributed by atoms with Crippen molar-refractivity contribution in [1.29, 1.82) is 0 Å². The summed E-state index contributed by atoms with van der Waals surface area (Å²) in [5.41, 5.74) is 1.09. The zero-order chi connectivity index (χ0) is 12.3. The highest BCUT2D eigenvalue weighted by molar-refractivity contribution is 5.88. The molecule has 0 aromatic carbocycles. The Hall–Kier alpha value is -1.40. The molecule has 6 nitrogen and oxygen atoms in total. The van der Waals surface area contributed by atoms with Gasteiger partial charge in [-0.1, -0.05) is 0 Å². The molecule has 1 aromatic rings. The van der Waals surface area contributed by atoms with Gasteiger partial charge in [0.05, 0.1) is 25.1 Å². The summed E-state index contributed by atoms with van der Waals surface area (Å²) in [5.74, 6) is -0.907. The summed E-state index contributed by atoms with van der Waals surface area (Å²) < 4.78 is 6.91. The van der Waals surface area contributed by atoms with Crippen molar-refractivity contribution < 1.29 is 14.6 Å². The molecule has 0 radical (unpaired) electrons. The second kappa shape index (κ2) is 5.29. The van der Waals surface area contributed by atoms with Crippen LogP contribution in [-0.2, 0) is 18.2 Å². The smallest absolute Gasteiger partial charge is 0.339 e. The zero-order valence-electron chi connectivity index (χ0n) is 9.93. The molecule has 17 heavy (non-hydrogen) atoms. The molecule has 0 aliphatic carbocycles. The third-order valence-corrected chi connectivity index (χ3v) is 3.06. The summed E-state index contributed by atoms with van der Waals surface area (Å²) in [4.78, 5) is 13.3. The Bertz CT molecular complexity index is 397. The van der Waals surface area contributed by atoms with Gasteiger partial charge in [0.25, 0.3) is 0 Å². The van der Waals surface area contributed by atoms with Crippen LogP contribution < -0.4 is 0 Å². The summed E-state index contributed by atoms with van der Waals surface area (Å²) in [6, 6.07) is 0. The highest BCUT2D eigenvalue weighted by atomic mass is 16.5. The third-order valence-electron chi connectivity index (χ3n) is 3.06. The van der Waals surface area contributed by atoms with E-state index in [1.165, 1.54) is 6.20 Å². The van der Waals surface area contributed by atoms with Crippen molar-refractivity contribution in [3.63, 3.8) is 0 Å². The monoisotopic (exact) mass is 239 g/mol. The molecule has 1 aromatic heterocycles. The largest absolute Gasteiger partial charge is 0.478 e. The number of nitrogens with zero attached hydrogens (tertiary/aromatic N) is 3. The maximum Gasteiger partial charge on any atom is 0.339 e. The quantitative estimate of drug-likeness (QED) is 0.800. The van der Waals surface area contributed by atoms with Gasteiger partial charge in [0, 0.05) is 33.1 Å². The fourth-order valence-corrected chi connectivity index (χ4v) is 2.03. The van der Waals surface area contributed by atoms with E-state index in [0.717, 1.165) is 38.5 Å². The number of carboxylic acids is 1. The lowest BCUT2D eigenvalue weighted by molar-refractivity contribution is 0.0381. The Morgan fingerprint density at radius 2 is 2.24 bits per heavy atom. The number of ether oxygens (including phenoxy) is 1. The molecule has 1 saturated heterocycles. The number of aromatic nitrogens is 2. The van der Waals surface area contributed by atoms with Crippen molar-refractivity contribution in [2.75, 3.05) is 32.8 Å². The van der Waals surface area contributed by atoms with E-state index in [2.05, 4.69) is 10.00 Å². The van der Waals surface area contributed by atoms with Crippen LogP contribution >= 0.6 is 0 Å². The Kier molecular flexibility index (Phi) is 3.75. The first-order chi connectivity index (χ1) is 8.18. The average molecular weight is 239 g/mol. The van der Waals surface area contributed by atoms with Crippen molar-refractivity contribution in [3.05, 3.63) is 17.5 Å². The van der Waals surface area contributed by atoms with Crippen LogP contribution in [0.5, 0.6) is 0 Å². The Labute approximate surface area is 99.8 Å². The van der Waals surface area contributed by atoms with Crippen LogP contribution in [0.4, 0.5) is 0 Å². The van der Waals surface area contributed by atoms with Crippen LogP contribution in [0.15, 0.2) is 6.20 Å². The number of hydrogen-bond acceptors (Lipinski definition) is 4. The number of carbonyl (C=O) groups is 1. The summed E-state index contributed by atoms with van der Waals surface area (Å²) in [6.45, 7) is 4.21. The van der Waals surface area contributed by atoms with Crippen molar-refractivity contribution in [2.24, 2.45) is 7.05 Å². The molecular formula is C11H17N3O3. The highest BCUT2D eigenvalue weighted by Crippen LogP contribution is 2.09. The van der Waals surface area contributed by atoms with E-state index >= 15 is 0 Å². The molecule has 0 saturated carbocycles. The van der Waals surface area contributed by atoms with Crippen molar-refractivity contribution in [2.45, 2.75) is 6.42 Å². The Balaban J connectivity index is 1.97. The number of carboxylic acid groups (broad SMARTS) is 1. The summed E-state index contributed by atoms with van der Waals surface area (Å²) in [7, 11) is 1.78. The van der Waals surface area contributed by atoms with Crippen LogP contribution in [0.25, 0.3) is 0 Å². The second-order valence-corrected chi connectivity index (χ2v) is 4.14. The standard InChI is InChI=1S/C11H17N3O3/c1-13-10(9(8-12-13)11(15)16)2-3-14-4-6-17-7-5-14/h8H,2-7H2,1H3,(H,15,16). The van der Waals surface area contributed by atoms with E-state index in [1.807, 2.05) is 0 Å². The lowest BCUT2D eigenvalue weighted by atomic mass is 10.2. The minimum Gasteiger partial charge on any atom is -0.478 e. The van der Waals surface area contributed by atoms with Gasteiger partial charge in [-0.15, -0.1) is 0 Å². The Morgan fingerprint density at radius 3 is 2.88 bits per heavy atom. The number of aromatic carboxylic acids is 1. The molecular weight excluding hydrogens is 222 g/mol. The van der Waals surface area contributed by atoms with Crippen LogP contribution in [0.1, 0.15) is 16.1 Å². The molecule has 0 amide bonds. The topological polar surface area (TPSA) is 67.6 Å². The van der Waals surface area contributed by atoms with Gasteiger partial charge in [-0.2, -0.15) is 5.10 Å². The average Bonchev–Trinajstić information content (AvgIpc) is 2.69. The van der Waals surface area contributed by atoms with Crippen molar-refractivity contribution >= 4 is 5.97 Å². The molecule has 1 N–H and O–H groups in total. The fraction of sp³-hybridized carbons (Fsp3) is 0.636. The normalized spacial score (nSPS) is 17.2. The van der Waals surface area contributed by atoms with Crippen LogP contribution in [0.2, 0.25) is 0 Å². The highest BCUT2D eigenvalue weighted by Gasteiger charge is 2.17. The molecule has 94 valence electrons. The minimum absolute atomic E-state index is 0.306. The Morgan fingerprint density at radius 1 is 1.53 bits per heavy atom. The van der Waals surface area contributed by atoms with Gasteiger partial charge < -0.3 is 9.84 Å². The van der Waals surface area contributed by atoms with Crippen LogP contribution in [-0.4, -0.2) is 58.6 Å². The lowest BCUT2D eigenvalue weighted by Gasteiger charge is -2.26. The SMILES string of the molecule is Cn1ncc(C(=O)O)c1CCN1CCOCC1. The number of rotatable bonds is 4.